The number of carbonyl (C=O) groups is 1. The topological polar surface area (TPSA) is 38.3 Å². The number of ether oxygens (including phenoxy) is 1. The van der Waals surface area contributed by atoms with Crippen molar-refractivity contribution in [2.24, 2.45) is 0 Å². The van der Waals surface area contributed by atoms with E-state index in [1.807, 2.05) is 25.1 Å². The van der Waals surface area contributed by atoms with Crippen LogP contribution in [0.15, 0.2) is 18.2 Å². The van der Waals surface area contributed by atoms with Crippen LogP contribution < -0.4 is 10.1 Å². The van der Waals surface area contributed by atoms with E-state index < -0.39 is 6.10 Å². The number of hydrogen-bond acceptors (Lipinski definition) is 2. The number of carbonyl (C=O) groups excluding carboxylic acids is 1. The third-order valence-electron chi connectivity index (χ3n) is 4.12. The van der Waals surface area contributed by atoms with Crippen LogP contribution in [-0.2, 0) is 4.79 Å². The number of amides is 1. The van der Waals surface area contributed by atoms with Gasteiger partial charge in [-0.1, -0.05) is 25.8 Å². The highest BCUT2D eigenvalue weighted by Gasteiger charge is 2.23. The fourth-order valence-electron chi connectivity index (χ4n) is 2.64. The van der Waals surface area contributed by atoms with Crippen LogP contribution in [0.1, 0.15) is 50.2 Å². The molecule has 1 N–H and O–H groups in total. The molecule has 3 nitrogen and oxygen atoms in total. The van der Waals surface area contributed by atoms with E-state index in [4.69, 9.17) is 4.74 Å². The molecule has 2 rings (SSSR count). The minimum absolute atomic E-state index is 0.0256. The summed E-state index contributed by atoms with van der Waals surface area (Å²) in [5, 5.41) is 3.11. The van der Waals surface area contributed by atoms with E-state index in [1.54, 1.807) is 0 Å². The molecule has 1 saturated carbocycles. The van der Waals surface area contributed by atoms with Gasteiger partial charge >= 0.3 is 0 Å². The Labute approximate surface area is 121 Å². The third-order valence-corrected chi connectivity index (χ3v) is 4.12. The highest BCUT2D eigenvalue weighted by atomic mass is 16.5. The molecule has 1 aromatic carbocycles. The summed E-state index contributed by atoms with van der Waals surface area (Å²) in [6, 6.07) is 6.32. The molecule has 1 aromatic rings. The van der Waals surface area contributed by atoms with Crippen molar-refractivity contribution < 1.29 is 9.53 Å². The molecule has 3 heteroatoms. The Morgan fingerprint density at radius 1 is 1.30 bits per heavy atom. The lowest BCUT2D eigenvalue weighted by Crippen LogP contribution is -2.42. The lowest BCUT2D eigenvalue weighted by atomic mass is 10.1. The molecule has 1 aliphatic carbocycles. The van der Waals surface area contributed by atoms with Crippen molar-refractivity contribution in [1.29, 1.82) is 0 Å². The van der Waals surface area contributed by atoms with Gasteiger partial charge in [0, 0.05) is 6.04 Å². The highest BCUT2D eigenvalue weighted by Crippen LogP contribution is 2.20. The predicted octanol–water partition coefficient (Wildman–Crippen LogP) is 3.52. The quantitative estimate of drug-likeness (QED) is 0.893. The van der Waals surface area contributed by atoms with Gasteiger partial charge in [0.25, 0.3) is 5.91 Å². The Morgan fingerprint density at radius 3 is 2.60 bits per heavy atom. The molecule has 0 aliphatic heterocycles. The zero-order chi connectivity index (χ0) is 14.5. The minimum atomic E-state index is -0.391. The number of benzene rings is 1. The Morgan fingerprint density at radius 2 is 2.00 bits per heavy atom. The first-order valence-electron chi connectivity index (χ1n) is 7.64. The van der Waals surface area contributed by atoms with Gasteiger partial charge in [-0.15, -0.1) is 0 Å². The largest absolute Gasteiger partial charge is 0.481 e. The van der Waals surface area contributed by atoms with Gasteiger partial charge < -0.3 is 10.1 Å². The van der Waals surface area contributed by atoms with E-state index in [9.17, 15) is 4.79 Å². The van der Waals surface area contributed by atoms with Gasteiger partial charge in [0.1, 0.15) is 5.75 Å². The molecule has 20 heavy (non-hydrogen) atoms. The Kier molecular flexibility index (Phi) is 5.05. The monoisotopic (exact) mass is 275 g/mol. The average Bonchev–Trinajstić information content (AvgIpc) is 2.92. The molecule has 0 heterocycles. The molecule has 0 unspecified atom stereocenters. The first-order chi connectivity index (χ1) is 9.60. The van der Waals surface area contributed by atoms with Gasteiger partial charge in [0.15, 0.2) is 6.10 Å². The van der Waals surface area contributed by atoms with Crippen molar-refractivity contribution >= 4 is 5.91 Å². The molecule has 1 fully saturated rings. The number of nitrogens with one attached hydrogen (secondary N) is 1. The summed E-state index contributed by atoms with van der Waals surface area (Å²) in [4.78, 5) is 12.3. The van der Waals surface area contributed by atoms with Gasteiger partial charge in [0.2, 0.25) is 0 Å². The van der Waals surface area contributed by atoms with E-state index in [0.29, 0.717) is 12.5 Å². The molecule has 1 aliphatic rings. The van der Waals surface area contributed by atoms with Crippen LogP contribution in [0.4, 0.5) is 0 Å². The molecule has 0 saturated heterocycles. The predicted molar refractivity (Wildman–Crippen MR) is 81.0 cm³/mol. The summed E-state index contributed by atoms with van der Waals surface area (Å²) >= 11 is 0. The molecule has 0 bridgehead atoms. The maximum Gasteiger partial charge on any atom is 0.261 e. The van der Waals surface area contributed by atoms with Crippen molar-refractivity contribution in [2.75, 3.05) is 0 Å². The van der Waals surface area contributed by atoms with E-state index in [2.05, 4.69) is 19.2 Å². The maximum absolute atomic E-state index is 12.3. The first kappa shape index (κ1) is 14.9. The number of aryl methyl sites for hydroxylation is 2. The summed E-state index contributed by atoms with van der Waals surface area (Å²) in [5.74, 6) is 0.805. The van der Waals surface area contributed by atoms with E-state index >= 15 is 0 Å². The normalized spacial score (nSPS) is 16.9. The van der Waals surface area contributed by atoms with Crippen LogP contribution >= 0.6 is 0 Å². The summed E-state index contributed by atoms with van der Waals surface area (Å²) in [6.07, 6.45) is 4.94. The van der Waals surface area contributed by atoms with Gasteiger partial charge in [-0.3, -0.25) is 4.79 Å². The van der Waals surface area contributed by atoms with Crippen molar-refractivity contribution in [3.63, 3.8) is 0 Å². The molecular weight excluding hydrogens is 250 g/mol. The van der Waals surface area contributed by atoms with Crippen molar-refractivity contribution in [1.82, 2.24) is 5.32 Å². The Bertz CT molecular complexity index is 464. The van der Waals surface area contributed by atoms with Crippen molar-refractivity contribution in [3.8, 4) is 5.75 Å². The first-order valence-corrected chi connectivity index (χ1v) is 7.64. The standard InChI is InChI=1S/C17H25NO2/c1-4-16(17(19)18-14-7-5-6-8-14)20-15-10-9-12(2)13(3)11-15/h9-11,14,16H,4-8H2,1-3H3,(H,18,19)/t16-/m1/s1. The van der Waals surface area contributed by atoms with E-state index in [0.717, 1.165) is 18.6 Å². The Balaban J connectivity index is 1.96. The van der Waals surface area contributed by atoms with Gasteiger partial charge in [-0.2, -0.15) is 0 Å². The van der Waals surface area contributed by atoms with Crippen LogP contribution in [0.2, 0.25) is 0 Å². The summed E-state index contributed by atoms with van der Waals surface area (Å²) in [5.41, 5.74) is 2.43. The second kappa shape index (κ2) is 6.78. The van der Waals surface area contributed by atoms with E-state index in [1.165, 1.54) is 24.0 Å². The maximum atomic E-state index is 12.3. The molecule has 0 radical (unpaired) electrons. The van der Waals surface area contributed by atoms with Crippen LogP contribution in [0.3, 0.4) is 0 Å². The molecular formula is C17H25NO2. The number of rotatable bonds is 5. The van der Waals surface area contributed by atoms with Gasteiger partial charge in [-0.25, -0.2) is 0 Å². The van der Waals surface area contributed by atoms with Crippen LogP contribution in [0.25, 0.3) is 0 Å². The molecule has 0 aromatic heterocycles. The molecule has 1 amide bonds. The minimum Gasteiger partial charge on any atom is -0.481 e. The fourth-order valence-corrected chi connectivity index (χ4v) is 2.64. The average molecular weight is 275 g/mol. The van der Waals surface area contributed by atoms with Crippen molar-refractivity contribution in [3.05, 3.63) is 29.3 Å². The second-order valence-corrected chi connectivity index (χ2v) is 5.75. The summed E-state index contributed by atoms with van der Waals surface area (Å²) < 4.78 is 5.86. The van der Waals surface area contributed by atoms with Crippen LogP contribution in [0, 0.1) is 13.8 Å². The summed E-state index contributed by atoms with van der Waals surface area (Å²) in [6.45, 7) is 6.12. The second-order valence-electron chi connectivity index (χ2n) is 5.75. The van der Waals surface area contributed by atoms with Gasteiger partial charge in [0.05, 0.1) is 0 Å². The number of hydrogen-bond donors (Lipinski definition) is 1. The SMILES string of the molecule is CC[C@@H](Oc1ccc(C)c(C)c1)C(=O)NC1CCCC1. The zero-order valence-corrected chi connectivity index (χ0v) is 12.7. The zero-order valence-electron chi connectivity index (χ0n) is 12.7. The Hall–Kier alpha value is -1.51. The lowest BCUT2D eigenvalue weighted by Gasteiger charge is -2.20. The van der Waals surface area contributed by atoms with Crippen LogP contribution in [-0.4, -0.2) is 18.1 Å². The molecule has 110 valence electrons. The highest BCUT2D eigenvalue weighted by molar-refractivity contribution is 5.81. The molecule has 0 spiro atoms. The van der Waals surface area contributed by atoms with Gasteiger partial charge in [-0.05, 0) is 56.4 Å². The summed E-state index contributed by atoms with van der Waals surface area (Å²) in [7, 11) is 0. The molecule has 1 atom stereocenters. The van der Waals surface area contributed by atoms with E-state index in [-0.39, 0.29) is 5.91 Å². The third kappa shape index (κ3) is 3.75. The smallest absolute Gasteiger partial charge is 0.261 e. The van der Waals surface area contributed by atoms with Crippen molar-refractivity contribution in [2.45, 2.75) is 65.0 Å². The lowest BCUT2D eigenvalue weighted by molar-refractivity contribution is -0.128. The van der Waals surface area contributed by atoms with Crippen LogP contribution in [0.5, 0.6) is 5.75 Å². The fraction of sp³-hybridized carbons (Fsp3) is 0.588.